The minimum Gasteiger partial charge on any atom is -0.490 e. The molecule has 0 aromatic heterocycles. The molecule has 1 aromatic rings. The number of carbonyl (C=O) groups is 1. The van der Waals surface area contributed by atoms with Gasteiger partial charge in [-0.05, 0) is 45.4 Å². The number of carbonyl (C=O) groups excluding carboxylic acids is 1. The summed E-state index contributed by atoms with van der Waals surface area (Å²) in [5.41, 5.74) is 0.554. The van der Waals surface area contributed by atoms with Crippen LogP contribution in [0.2, 0.25) is 0 Å². The Morgan fingerprint density at radius 1 is 1.25 bits per heavy atom. The summed E-state index contributed by atoms with van der Waals surface area (Å²) in [7, 11) is 0. The highest BCUT2D eigenvalue weighted by Gasteiger charge is 2.13. The van der Waals surface area contributed by atoms with Gasteiger partial charge >= 0.3 is 0 Å². The van der Waals surface area contributed by atoms with Gasteiger partial charge in [-0.15, -0.1) is 11.6 Å². The Labute approximate surface area is 125 Å². The number of rotatable bonds is 8. The average Bonchev–Trinajstić information content (AvgIpc) is 2.41. The molecule has 1 N–H and O–H groups in total. The molecule has 1 amide bonds. The molecule has 0 fully saturated rings. The first-order valence-corrected chi connectivity index (χ1v) is 7.42. The van der Waals surface area contributed by atoms with Gasteiger partial charge in [-0.1, -0.05) is 0 Å². The smallest absolute Gasteiger partial charge is 0.251 e. The lowest BCUT2D eigenvalue weighted by molar-refractivity contribution is 0.0939. The third-order valence-electron chi connectivity index (χ3n) is 2.73. The molecule has 0 aliphatic carbocycles. The third kappa shape index (κ3) is 4.93. The van der Waals surface area contributed by atoms with Crippen LogP contribution in [0.1, 0.15) is 37.6 Å². The molecular formula is C15H22ClNO3. The second-order valence-corrected chi connectivity index (χ2v) is 4.76. The Kier molecular flexibility index (Phi) is 7.23. The highest BCUT2D eigenvalue weighted by Crippen LogP contribution is 2.28. The van der Waals surface area contributed by atoms with Crippen molar-refractivity contribution in [2.24, 2.45) is 0 Å². The lowest BCUT2D eigenvalue weighted by atomic mass is 10.1. The highest BCUT2D eigenvalue weighted by atomic mass is 35.5. The third-order valence-corrected chi connectivity index (χ3v) is 2.94. The first kappa shape index (κ1) is 16.6. The summed E-state index contributed by atoms with van der Waals surface area (Å²) < 4.78 is 11.0. The van der Waals surface area contributed by atoms with Crippen LogP contribution in [0.25, 0.3) is 0 Å². The van der Waals surface area contributed by atoms with Crippen LogP contribution in [-0.2, 0) is 0 Å². The maximum Gasteiger partial charge on any atom is 0.251 e. The summed E-state index contributed by atoms with van der Waals surface area (Å²) in [5.74, 6) is 1.63. The quantitative estimate of drug-likeness (QED) is 0.750. The van der Waals surface area contributed by atoms with Crippen molar-refractivity contribution in [1.82, 2.24) is 5.32 Å². The molecule has 1 aromatic carbocycles. The highest BCUT2D eigenvalue weighted by molar-refractivity contribution is 6.17. The van der Waals surface area contributed by atoms with Crippen LogP contribution in [0, 0.1) is 0 Å². The van der Waals surface area contributed by atoms with E-state index in [9.17, 15) is 4.79 Å². The number of alkyl halides is 1. The maximum atomic E-state index is 12.1. The van der Waals surface area contributed by atoms with Crippen molar-refractivity contribution < 1.29 is 14.3 Å². The van der Waals surface area contributed by atoms with Gasteiger partial charge in [-0.2, -0.15) is 0 Å². The predicted octanol–water partition coefficient (Wildman–Crippen LogP) is 3.23. The number of ether oxygens (including phenoxy) is 2. The lowest BCUT2D eigenvalue weighted by Gasteiger charge is -2.15. The normalized spacial score (nSPS) is 11.8. The Bertz CT molecular complexity index is 437. The zero-order chi connectivity index (χ0) is 15.0. The molecule has 5 heteroatoms. The van der Waals surface area contributed by atoms with Crippen LogP contribution in [-0.4, -0.2) is 31.0 Å². The molecule has 0 saturated carbocycles. The Morgan fingerprint density at radius 3 is 2.50 bits per heavy atom. The van der Waals surface area contributed by atoms with Gasteiger partial charge in [-0.25, -0.2) is 0 Å². The van der Waals surface area contributed by atoms with Crippen LogP contribution < -0.4 is 14.8 Å². The molecule has 0 heterocycles. The summed E-state index contributed by atoms with van der Waals surface area (Å²) in [4.78, 5) is 12.1. The molecule has 112 valence electrons. The van der Waals surface area contributed by atoms with Crippen molar-refractivity contribution in [1.29, 1.82) is 0 Å². The molecule has 4 nitrogen and oxygen atoms in total. The van der Waals surface area contributed by atoms with E-state index < -0.39 is 0 Å². The van der Waals surface area contributed by atoms with Gasteiger partial charge in [0, 0.05) is 17.5 Å². The molecule has 0 saturated heterocycles. The Morgan fingerprint density at radius 2 is 1.90 bits per heavy atom. The monoisotopic (exact) mass is 299 g/mol. The molecule has 20 heavy (non-hydrogen) atoms. The van der Waals surface area contributed by atoms with Crippen LogP contribution in [0.15, 0.2) is 18.2 Å². The lowest BCUT2D eigenvalue weighted by Crippen LogP contribution is -2.32. The van der Waals surface area contributed by atoms with Crippen LogP contribution in [0.3, 0.4) is 0 Å². The van der Waals surface area contributed by atoms with E-state index in [4.69, 9.17) is 21.1 Å². The first-order chi connectivity index (χ1) is 9.62. The van der Waals surface area contributed by atoms with Crippen molar-refractivity contribution in [2.75, 3.05) is 19.1 Å². The maximum absolute atomic E-state index is 12.1. The minimum atomic E-state index is -0.133. The summed E-state index contributed by atoms with van der Waals surface area (Å²) in [5, 5.41) is 2.90. The van der Waals surface area contributed by atoms with Crippen LogP contribution in [0.4, 0.5) is 0 Å². The van der Waals surface area contributed by atoms with Crippen LogP contribution >= 0.6 is 11.6 Å². The SMILES string of the molecule is CCOc1ccc(C(=O)NC(C)CCCl)cc1OCC. The Hall–Kier alpha value is -1.42. The van der Waals surface area contributed by atoms with Crippen molar-refractivity contribution in [3.8, 4) is 11.5 Å². The van der Waals surface area contributed by atoms with E-state index >= 15 is 0 Å². The summed E-state index contributed by atoms with van der Waals surface area (Å²) in [6.07, 6.45) is 0.739. The summed E-state index contributed by atoms with van der Waals surface area (Å²) in [6, 6.07) is 5.24. The average molecular weight is 300 g/mol. The zero-order valence-corrected chi connectivity index (χ0v) is 13.0. The molecule has 1 rings (SSSR count). The number of benzene rings is 1. The van der Waals surface area contributed by atoms with E-state index in [0.717, 1.165) is 6.42 Å². The van der Waals surface area contributed by atoms with Crippen molar-refractivity contribution >= 4 is 17.5 Å². The number of hydrogen-bond donors (Lipinski definition) is 1. The van der Waals surface area contributed by atoms with E-state index in [2.05, 4.69) is 5.32 Å². The van der Waals surface area contributed by atoms with Gasteiger partial charge in [0.1, 0.15) is 0 Å². The number of hydrogen-bond acceptors (Lipinski definition) is 3. The molecule has 0 radical (unpaired) electrons. The fourth-order valence-electron chi connectivity index (χ4n) is 1.74. The van der Waals surface area contributed by atoms with Gasteiger partial charge in [0.05, 0.1) is 13.2 Å². The standard InChI is InChI=1S/C15H22ClNO3/c1-4-19-13-7-6-12(10-14(13)20-5-2)15(18)17-11(3)8-9-16/h6-7,10-11H,4-5,8-9H2,1-3H3,(H,17,18). The summed E-state index contributed by atoms with van der Waals surface area (Å²) in [6.45, 7) is 6.81. The van der Waals surface area contributed by atoms with E-state index in [1.54, 1.807) is 18.2 Å². The minimum absolute atomic E-state index is 0.0436. The van der Waals surface area contributed by atoms with Crippen LogP contribution in [0.5, 0.6) is 11.5 Å². The van der Waals surface area contributed by atoms with E-state index in [1.807, 2.05) is 20.8 Å². The molecule has 0 aliphatic heterocycles. The van der Waals surface area contributed by atoms with E-state index in [-0.39, 0.29) is 11.9 Å². The van der Waals surface area contributed by atoms with Gasteiger partial charge in [0.25, 0.3) is 5.91 Å². The largest absolute Gasteiger partial charge is 0.490 e. The predicted molar refractivity (Wildman–Crippen MR) is 81.0 cm³/mol. The molecule has 0 spiro atoms. The molecule has 1 atom stereocenters. The van der Waals surface area contributed by atoms with E-state index in [0.29, 0.717) is 36.2 Å². The Balaban J connectivity index is 2.84. The molecule has 1 unspecified atom stereocenters. The van der Waals surface area contributed by atoms with Gasteiger partial charge in [0.2, 0.25) is 0 Å². The fourth-order valence-corrected chi connectivity index (χ4v) is 2.06. The number of halogens is 1. The first-order valence-electron chi connectivity index (χ1n) is 6.88. The molecular weight excluding hydrogens is 278 g/mol. The van der Waals surface area contributed by atoms with E-state index in [1.165, 1.54) is 0 Å². The fraction of sp³-hybridized carbons (Fsp3) is 0.533. The second kappa shape index (κ2) is 8.69. The van der Waals surface area contributed by atoms with Gasteiger partial charge in [-0.3, -0.25) is 4.79 Å². The second-order valence-electron chi connectivity index (χ2n) is 4.38. The number of nitrogens with one attached hydrogen (secondary N) is 1. The summed E-state index contributed by atoms with van der Waals surface area (Å²) >= 11 is 5.66. The molecule has 0 aliphatic rings. The van der Waals surface area contributed by atoms with Gasteiger partial charge in [0.15, 0.2) is 11.5 Å². The topological polar surface area (TPSA) is 47.6 Å². The zero-order valence-electron chi connectivity index (χ0n) is 12.2. The van der Waals surface area contributed by atoms with Crippen molar-refractivity contribution in [3.05, 3.63) is 23.8 Å². The van der Waals surface area contributed by atoms with Crippen molar-refractivity contribution in [2.45, 2.75) is 33.2 Å². The molecule has 0 bridgehead atoms. The van der Waals surface area contributed by atoms with Gasteiger partial charge < -0.3 is 14.8 Å². The van der Waals surface area contributed by atoms with Crippen molar-refractivity contribution in [3.63, 3.8) is 0 Å². The number of amides is 1.